The summed E-state index contributed by atoms with van der Waals surface area (Å²) in [7, 11) is 5.94. The minimum absolute atomic E-state index is 0.0921. The quantitative estimate of drug-likeness (QED) is 0.756. The first-order chi connectivity index (χ1) is 9.07. The van der Waals surface area contributed by atoms with Gasteiger partial charge in [-0.25, -0.2) is 0 Å². The van der Waals surface area contributed by atoms with Crippen molar-refractivity contribution in [1.29, 1.82) is 0 Å². The Balaban J connectivity index is 1.83. The van der Waals surface area contributed by atoms with Crippen LogP contribution in [0, 0.1) is 0 Å². The molecule has 0 aromatic heterocycles. The van der Waals surface area contributed by atoms with E-state index >= 15 is 0 Å². The Morgan fingerprint density at radius 1 is 1.42 bits per heavy atom. The van der Waals surface area contributed by atoms with Crippen molar-refractivity contribution < 1.29 is 9.53 Å². The maximum Gasteiger partial charge on any atom is 0.237 e. The fraction of sp³-hybridized carbons (Fsp3) is 0.929. The number of hydrogen-bond acceptors (Lipinski definition) is 4. The van der Waals surface area contributed by atoms with Crippen LogP contribution in [0.15, 0.2) is 0 Å². The Hall–Kier alpha value is -0.650. The predicted molar refractivity (Wildman–Crippen MR) is 75.1 cm³/mol. The molecule has 0 aromatic carbocycles. The van der Waals surface area contributed by atoms with Gasteiger partial charge >= 0.3 is 0 Å². The Morgan fingerprint density at radius 3 is 2.63 bits per heavy atom. The van der Waals surface area contributed by atoms with Gasteiger partial charge < -0.3 is 20.3 Å². The monoisotopic (exact) mass is 269 g/mol. The van der Waals surface area contributed by atoms with Crippen LogP contribution in [0.4, 0.5) is 0 Å². The fourth-order valence-electron chi connectivity index (χ4n) is 3.27. The van der Waals surface area contributed by atoms with Crippen molar-refractivity contribution in [3.05, 3.63) is 0 Å². The highest BCUT2D eigenvalue weighted by Crippen LogP contribution is 2.33. The molecule has 2 aliphatic rings. The Kier molecular flexibility index (Phi) is 4.81. The Morgan fingerprint density at radius 2 is 2.11 bits per heavy atom. The van der Waals surface area contributed by atoms with E-state index < -0.39 is 0 Å². The summed E-state index contributed by atoms with van der Waals surface area (Å²) in [6.45, 7) is 1.53. The molecule has 110 valence electrons. The first-order valence-corrected chi connectivity index (χ1v) is 7.29. The van der Waals surface area contributed by atoms with E-state index in [9.17, 15) is 4.79 Å². The van der Waals surface area contributed by atoms with Crippen LogP contribution in [-0.4, -0.2) is 62.8 Å². The largest absolute Gasteiger partial charge is 0.380 e. The molecule has 5 nitrogen and oxygen atoms in total. The molecule has 0 bridgehead atoms. The van der Waals surface area contributed by atoms with E-state index in [1.165, 1.54) is 25.7 Å². The van der Waals surface area contributed by atoms with Crippen molar-refractivity contribution in [3.8, 4) is 0 Å². The van der Waals surface area contributed by atoms with E-state index in [2.05, 4.69) is 29.6 Å². The summed E-state index contributed by atoms with van der Waals surface area (Å²) in [4.78, 5) is 14.5. The van der Waals surface area contributed by atoms with E-state index in [1.54, 1.807) is 7.11 Å². The molecule has 2 rings (SSSR count). The zero-order valence-electron chi connectivity index (χ0n) is 12.4. The molecule has 1 amide bonds. The van der Waals surface area contributed by atoms with Crippen molar-refractivity contribution in [2.45, 2.75) is 49.8 Å². The zero-order valence-corrected chi connectivity index (χ0v) is 12.4. The van der Waals surface area contributed by atoms with E-state index in [4.69, 9.17) is 4.74 Å². The van der Waals surface area contributed by atoms with Gasteiger partial charge in [-0.2, -0.15) is 0 Å². The van der Waals surface area contributed by atoms with Gasteiger partial charge in [0, 0.05) is 25.7 Å². The Labute approximate surface area is 116 Å². The minimum atomic E-state index is -0.0921. The molecule has 5 heteroatoms. The molecule has 2 N–H and O–H groups in total. The lowest BCUT2D eigenvalue weighted by Gasteiger charge is -2.36. The van der Waals surface area contributed by atoms with Crippen LogP contribution < -0.4 is 10.6 Å². The molecule has 19 heavy (non-hydrogen) atoms. The standard InChI is InChI=1S/C14H27N3O2/c1-17(2)14(6-4-5-7-14)10-16-13(18)12-8-11(19-3)9-15-12/h11-12,15H,4-10H2,1-3H3,(H,16,18). The average Bonchev–Trinajstić information content (AvgIpc) is 3.05. The lowest BCUT2D eigenvalue weighted by atomic mass is 9.96. The van der Waals surface area contributed by atoms with Gasteiger partial charge in [0.1, 0.15) is 0 Å². The third-order valence-electron chi connectivity index (χ3n) is 4.81. The molecule has 1 saturated carbocycles. The van der Waals surface area contributed by atoms with Crippen molar-refractivity contribution in [1.82, 2.24) is 15.5 Å². The van der Waals surface area contributed by atoms with E-state index in [-0.39, 0.29) is 23.6 Å². The first-order valence-electron chi connectivity index (χ1n) is 7.29. The van der Waals surface area contributed by atoms with Gasteiger partial charge in [-0.1, -0.05) is 12.8 Å². The normalized spacial score (nSPS) is 29.9. The molecule has 2 atom stereocenters. The number of amides is 1. The molecule has 1 aliphatic heterocycles. The second-order valence-corrected chi connectivity index (χ2v) is 6.10. The molecule has 0 aromatic rings. The van der Waals surface area contributed by atoms with Crippen molar-refractivity contribution in [2.75, 3.05) is 34.3 Å². The van der Waals surface area contributed by atoms with Crippen LogP contribution in [0.1, 0.15) is 32.1 Å². The maximum atomic E-state index is 12.2. The molecule has 1 saturated heterocycles. The summed E-state index contributed by atoms with van der Waals surface area (Å²) in [5, 5.41) is 6.36. The number of ether oxygens (including phenoxy) is 1. The summed E-state index contributed by atoms with van der Waals surface area (Å²) >= 11 is 0. The van der Waals surface area contributed by atoms with Gasteiger partial charge in [0.25, 0.3) is 0 Å². The fourth-order valence-corrected chi connectivity index (χ4v) is 3.27. The average molecular weight is 269 g/mol. The van der Waals surface area contributed by atoms with E-state index in [0.29, 0.717) is 0 Å². The number of likely N-dealkylation sites (N-methyl/N-ethyl adjacent to an activating group) is 1. The van der Waals surface area contributed by atoms with Crippen LogP contribution in [0.5, 0.6) is 0 Å². The lowest BCUT2D eigenvalue weighted by Crippen LogP contribution is -2.53. The predicted octanol–water partition coefficient (Wildman–Crippen LogP) is 0.354. The second kappa shape index (κ2) is 6.20. The van der Waals surface area contributed by atoms with Crippen LogP contribution in [-0.2, 0) is 9.53 Å². The highest BCUT2D eigenvalue weighted by Gasteiger charge is 2.37. The molecule has 2 fully saturated rings. The molecule has 0 spiro atoms. The van der Waals surface area contributed by atoms with Crippen LogP contribution in [0.3, 0.4) is 0 Å². The van der Waals surface area contributed by atoms with Crippen LogP contribution in [0.25, 0.3) is 0 Å². The van der Waals surface area contributed by atoms with Gasteiger partial charge in [-0.3, -0.25) is 4.79 Å². The smallest absolute Gasteiger partial charge is 0.237 e. The SMILES string of the molecule is COC1CNC(C(=O)NCC2(N(C)C)CCCC2)C1. The molecule has 1 aliphatic carbocycles. The van der Waals surface area contributed by atoms with E-state index in [1.807, 2.05) is 0 Å². The lowest BCUT2D eigenvalue weighted by molar-refractivity contribution is -0.123. The van der Waals surface area contributed by atoms with Crippen molar-refractivity contribution in [3.63, 3.8) is 0 Å². The molecule has 0 radical (unpaired) electrons. The zero-order chi connectivity index (χ0) is 13.9. The highest BCUT2D eigenvalue weighted by molar-refractivity contribution is 5.82. The topological polar surface area (TPSA) is 53.6 Å². The number of carbonyl (C=O) groups is 1. The number of nitrogens with one attached hydrogen (secondary N) is 2. The van der Waals surface area contributed by atoms with Crippen LogP contribution in [0.2, 0.25) is 0 Å². The van der Waals surface area contributed by atoms with Gasteiger partial charge in [-0.15, -0.1) is 0 Å². The summed E-state index contributed by atoms with van der Waals surface area (Å²) in [6, 6.07) is -0.0921. The summed E-state index contributed by atoms with van der Waals surface area (Å²) < 4.78 is 5.28. The highest BCUT2D eigenvalue weighted by atomic mass is 16.5. The van der Waals surface area contributed by atoms with Gasteiger partial charge in [0.2, 0.25) is 5.91 Å². The maximum absolute atomic E-state index is 12.2. The van der Waals surface area contributed by atoms with E-state index in [0.717, 1.165) is 19.5 Å². The van der Waals surface area contributed by atoms with Crippen molar-refractivity contribution in [2.24, 2.45) is 0 Å². The first kappa shape index (κ1) is 14.8. The van der Waals surface area contributed by atoms with Crippen molar-refractivity contribution >= 4 is 5.91 Å². The Bertz CT molecular complexity index is 314. The van der Waals surface area contributed by atoms with Gasteiger partial charge in [0.15, 0.2) is 0 Å². The molecule has 1 heterocycles. The van der Waals surface area contributed by atoms with Crippen LogP contribution >= 0.6 is 0 Å². The summed E-state index contributed by atoms with van der Waals surface area (Å²) in [6.07, 6.45) is 5.84. The number of hydrogen-bond donors (Lipinski definition) is 2. The second-order valence-electron chi connectivity index (χ2n) is 6.10. The number of rotatable bonds is 5. The van der Waals surface area contributed by atoms with Gasteiger partial charge in [0.05, 0.1) is 12.1 Å². The third kappa shape index (κ3) is 3.27. The summed E-state index contributed by atoms with van der Waals surface area (Å²) in [5.41, 5.74) is 0.162. The third-order valence-corrected chi connectivity index (χ3v) is 4.81. The molecular weight excluding hydrogens is 242 g/mol. The molecular formula is C14H27N3O2. The number of carbonyl (C=O) groups excluding carboxylic acids is 1. The molecule has 2 unspecified atom stereocenters. The minimum Gasteiger partial charge on any atom is -0.380 e. The summed E-state index contributed by atoms with van der Waals surface area (Å²) in [5.74, 6) is 0.118. The number of nitrogens with zero attached hydrogens (tertiary/aromatic N) is 1. The number of methoxy groups -OCH3 is 1. The van der Waals surface area contributed by atoms with Gasteiger partial charge in [-0.05, 0) is 33.4 Å².